The second kappa shape index (κ2) is 6.36. The summed E-state index contributed by atoms with van der Waals surface area (Å²) in [5, 5.41) is 9.74. The van der Waals surface area contributed by atoms with E-state index in [4.69, 9.17) is 5.73 Å². The van der Waals surface area contributed by atoms with E-state index in [0.29, 0.717) is 12.0 Å². The van der Waals surface area contributed by atoms with E-state index in [-0.39, 0.29) is 18.7 Å². The highest BCUT2D eigenvalue weighted by atomic mass is 16.3. The van der Waals surface area contributed by atoms with Crippen LogP contribution in [0, 0.1) is 11.8 Å². The van der Waals surface area contributed by atoms with Gasteiger partial charge in [0.25, 0.3) is 0 Å². The Morgan fingerprint density at radius 3 is 2.61 bits per heavy atom. The molecule has 4 atom stereocenters. The molecule has 0 aromatic rings. The fourth-order valence-electron chi connectivity index (χ4n) is 4.04. The number of aliphatic hydroxyl groups excluding tert-OH is 1. The number of hydrogen-bond donors (Lipinski definition) is 2. The first-order chi connectivity index (χ1) is 8.63. The van der Waals surface area contributed by atoms with E-state index < -0.39 is 0 Å². The molecule has 0 aromatic heterocycles. The van der Waals surface area contributed by atoms with Gasteiger partial charge < -0.3 is 10.8 Å². The summed E-state index contributed by atoms with van der Waals surface area (Å²) in [6, 6.07) is 1.00. The summed E-state index contributed by atoms with van der Waals surface area (Å²) < 4.78 is 0. The maximum atomic E-state index is 9.74. The topological polar surface area (TPSA) is 49.5 Å². The molecule has 3 N–H and O–H groups in total. The van der Waals surface area contributed by atoms with Crippen LogP contribution in [0.5, 0.6) is 0 Å². The Bertz CT molecular complexity index is 257. The van der Waals surface area contributed by atoms with Crippen LogP contribution >= 0.6 is 0 Å². The summed E-state index contributed by atoms with van der Waals surface area (Å²) in [6.07, 6.45) is 7.79. The zero-order chi connectivity index (χ0) is 13.1. The molecular weight excluding hydrogens is 224 g/mol. The largest absolute Gasteiger partial charge is 0.395 e. The lowest BCUT2D eigenvalue weighted by molar-refractivity contribution is 0.0671. The van der Waals surface area contributed by atoms with E-state index in [0.717, 1.165) is 18.9 Å². The minimum absolute atomic E-state index is 0.121. The van der Waals surface area contributed by atoms with Crippen LogP contribution in [0.1, 0.15) is 52.4 Å². The van der Waals surface area contributed by atoms with Gasteiger partial charge in [0.1, 0.15) is 0 Å². The molecule has 18 heavy (non-hydrogen) atoms. The van der Waals surface area contributed by atoms with Crippen LogP contribution in [0.25, 0.3) is 0 Å². The molecule has 2 aliphatic rings. The molecule has 1 aliphatic carbocycles. The standard InChI is InChI=1S/C15H30N2O/c1-11(2)9-13(16)15(10-18)17-8-7-12-5-3-4-6-14(12)17/h11-15,18H,3-10,16H2,1-2H3. The van der Waals surface area contributed by atoms with Crippen LogP contribution < -0.4 is 5.73 Å². The Hall–Kier alpha value is -0.120. The maximum absolute atomic E-state index is 9.74. The summed E-state index contributed by atoms with van der Waals surface area (Å²) in [5.41, 5.74) is 6.33. The molecule has 2 rings (SSSR count). The first-order valence-corrected chi connectivity index (χ1v) is 7.75. The van der Waals surface area contributed by atoms with Crippen LogP contribution in [-0.2, 0) is 0 Å². The number of nitrogens with two attached hydrogens (primary N) is 1. The van der Waals surface area contributed by atoms with Gasteiger partial charge in [0.2, 0.25) is 0 Å². The average molecular weight is 254 g/mol. The van der Waals surface area contributed by atoms with Crippen molar-refractivity contribution in [3.63, 3.8) is 0 Å². The molecule has 106 valence electrons. The third-order valence-corrected chi connectivity index (χ3v) is 4.90. The van der Waals surface area contributed by atoms with E-state index in [1.807, 2.05) is 0 Å². The SMILES string of the molecule is CC(C)CC(N)C(CO)N1CCC2CCCCC21. The predicted molar refractivity (Wildman–Crippen MR) is 75.4 cm³/mol. The molecule has 1 aliphatic heterocycles. The summed E-state index contributed by atoms with van der Waals surface area (Å²) >= 11 is 0. The molecule has 0 spiro atoms. The van der Waals surface area contributed by atoms with Gasteiger partial charge in [0, 0.05) is 18.1 Å². The minimum Gasteiger partial charge on any atom is -0.395 e. The monoisotopic (exact) mass is 254 g/mol. The van der Waals surface area contributed by atoms with Crippen molar-refractivity contribution < 1.29 is 5.11 Å². The zero-order valence-electron chi connectivity index (χ0n) is 12.0. The van der Waals surface area contributed by atoms with Crippen LogP contribution in [0.2, 0.25) is 0 Å². The smallest absolute Gasteiger partial charge is 0.0602 e. The fraction of sp³-hybridized carbons (Fsp3) is 1.00. The Kier molecular flexibility index (Phi) is 5.05. The van der Waals surface area contributed by atoms with Gasteiger partial charge in [0.05, 0.1) is 6.61 Å². The number of fused-ring (bicyclic) bond motifs is 1. The van der Waals surface area contributed by atoms with E-state index in [9.17, 15) is 5.11 Å². The van der Waals surface area contributed by atoms with Crippen LogP contribution in [-0.4, -0.2) is 41.3 Å². The molecule has 3 nitrogen and oxygen atoms in total. The van der Waals surface area contributed by atoms with Gasteiger partial charge in [-0.1, -0.05) is 26.7 Å². The quantitative estimate of drug-likeness (QED) is 0.789. The third-order valence-electron chi connectivity index (χ3n) is 4.90. The molecule has 0 radical (unpaired) electrons. The highest BCUT2D eigenvalue weighted by molar-refractivity contribution is 4.95. The second-order valence-corrected chi connectivity index (χ2v) is 6.68. The summed E-state index contributed by atoms with van der Waals surface area (Å²) in [7, 11) is 0. The molecule has 0 aromatic carbocycles. The molecule has 1 heterocycles. The number of aliphatic hydroxyl groups is 1. The minimum atomic E-state index is 0.121. The number of hydrogen-bond acceptors (Lipinski definition) is 3. The summed E-state index contributed by atoms with van der Waals surface area (Å²) in [5.74, 6) is 1.48. The number of nitrogens with zero attached hydrogens (tertiary/aromatic N) is 1. The maximum Gasteiger partial charge on any atom is 0.0602 e. The highest BCUT2D eigenvalue weighted by Gasteiger charge is 2.40. The first-order valence-electron chi connectivity index (χ1n) is 7.75. The van der Waals surface area contributed by atoms with Crippen molar-refractivity contribution in [1.29, 1.82) is 0 Å². The molecule has 3 heteroatoms. The van der Waals surface area contributed by atoms with E-state index >= 15 is 0 Å². The third kappa shape index (κ3) is 3.06. The van der Waals surface area contributed by atoms with Crippen molar-refractivity contribution in [3.8, 4) is 0 Å². The van der Waals surface area contributed by atoms with Gasteiger partial charge >= 0.3 is 0 Å². The van der Waals surface area contributed by atoms with Crippen LogP contribution in [0.15, 0.2) is 0 Å². The summed E-state index contributed by atoms with van der Waals surface area (Å²) in [4.78, 5) is 2.54. The normalized spacial score (nSPS) is 32.5. The molecule has 1 saturated heterocycles. The van der Waals surface area contributed by atoms with E-state index in [2.05, 4.69) is 18.7 Å². The molecular formula is C15H30N2O. The van der Waals surface area contributed by atoms with Crippen molar-refractivity contribution in [2.24, 2.45) is 17.6 Å². The van der Waals surface area contributed by atoms with Crippen molar-refractivity contribution in [3.05, 3.63) is 0 Å². The lowest BCUT2D eigenvalue weighted by atomic mass is 9.84. The van der Waals surface area contributed by atoms with Gasteiger partial charge in [-0.2, -0.15) is 0 Å². The van der Waals surface area contributed by atoms with Crippen LogP contribution in [0.3, 0.4) is 0 Å². The Balaban J connectivity index is 1.99. The van der Waals surface area contributed by atoms with Gasteiger partial charge in [-0.05, 0) is 44.1 Å². The van der Waals surface area contributed by atoms with Gasteiger partial charge in [0.15, 0.2) is 0 Å². The first kappa shape index (κ1) is 14.3. The van der Waals surface area contributed by atoms with Crippen molar-refractivity contribution >= 4 is 0 Å². The Morgan fingerprint density at radius 1 is 1.22 bits per heavy atom. The second-order valence-electron chi connectivity index (χ2n) is 6.68. The van der Waals surface area contributed by atoms with Crippen molar-refractivity contribution in [1.82, 2.24) is 4.90 Å². The van der Waals surface area contributed by atoms with Crippen molar-refractivity contribution in [2.45, 2.75) is 70.5 Å². The van der Waals surface area contributed by atoms with Gasteiger partial charge in [-0.25, -0.2) is 0 Å². The van der Waals surface area contributed by atoms with E-state index in [1.54, 1.807) is 0 Å². The Labute approximate surface area is 112 Å². The molecule has 0 bridgehead atoms. The highest BCUT2D eigenvalue weighted by Crippen LogP contribution is 2.37. The Morgan fingerprint density at radius 2 is 1.94 bits per heavy atom. The zero-order valence-corrected chi connectivity index (χ0v) is 12.0. The molecule has 4 unspecified atom stereocenters. The van der Waals surface area contributed by atoms with Gasteiger partial charge in [-0.15, -0.1) is 0 Å². The van der Waals surface area contributed by atoms with Crippen LogP contribution in [0.4, 0.5) is 0 Å². The van der Waals surface area contributed by atoms with Crippen molar-refractivity contribution in [2.75, 3.05) is 13.2 Å². The lowest BCUT2D eigenvalue weighted by Crippen LogP contribution is -2.53. The molecule has 0 amide bonds. The number of rotatable bonds is 5. The molecule has 2 fully saturated rings. The number of likely N-dealkylation sites (tertiary alicyclic amines) is 1. The average Bonchev–Trinajstić information content (AvgIpc) is 2.73. The lowest BCUT2D eigenvalue weighted by Gasteiger charge is -2.39. The predicted octanol–water partition coefficient (Wildman–Crippen LogP) is 1.99. The summed E-state index contributed by atoms with van der Waals surface area (Å²) in [6.45, 7) is 5.78. The fourth-order valence-corrected chi connectivity index (χ4v) is 4.04. The van der Waals surface area contributed by atoms with Gasteiger partial charge in [-0.3, -0.25) is 4.90 Å². The molecule has 1 saturated carbocycles. The van der Waals surface area contributed by atoms with E-state index in [1.165, 1.54) is 32.1 Å².